The van der Waals surface area contributed by atoms with Crippen molar-refractivity contribution in [3.63, 3.8) is 0 Å². The van der Waals surface area contributed by atoms with Crippen molar-refractivity contribution in [1.29, 1.82) is 0 Å². The van der Waals surface area contributed by atoms with E-state index in [0.29, 0.717) is 19.6 Å². The molecule has 3 nitrogen and oxygen atoms in total. The first kappa shape index (κ1) is 26.4. The summed E-state index contributed by atoms with van der Waals surface area (Å²) in [6.45, 7) is 18.2. The molecule has 0 saturated heterocycles. The van der Waals surface area contributed by atoms with Crippen molar-refractivity contribution in [1.82, 2.24) is 0 Å². The van der Waals surface area contributed by atoms with Crippen LogP contribution >= 0.6 is 15.9 Å². The van der Waals surface area contributed by atoms with Crippen molar-refractivity contribution < 1.29 is 14.0 Å². The van der Waals surface area contributed by atoms with Gasteiger partial charge in [-0.25, -0.2) is 0 Å². The Kier molecular flexibility index (Phi) is 11.0. The second-order valence-electron chi connectivity index (χ2n) is 9.33. The van der Waals surface area contributed by atoms with Gasteiger partial charge in [-0.1, -0.05) is 0 Å². The monoisotopic (exact) mass is 554 g/mol. The standard InChI is InChI=1S/C17H30BrO3Si.3CH3.Sn/c1-8-20-16(19)15(13-14(2)18)11-9-10-12-21-22(6,7)17(3,4)5;;;;/h9,15H,2,8,10,12-13H2,1,3-7H3;3*1H3;. The van der Waals surface area contributed by atoms with Gasteiger partial charge >= 0.3 is 176 Å². The summed E-state index contributed by atoms with van der Waals surface area (Å²) in [7, 11) is -1.74. The molecule has 0 aromatic carbocycles. The van der Waals surface area contributed by atoms with E-state index in [1.165, 1.54) is 3.59 Å². The Bertz CT molecular complexity index is 516. The van der Waals surface area contributed by atoms with Gasteiger partial charge in [0.2, 0.25) is 0 Å². The van der Waals surface area contributed by atoms with Gasteiger partial charge in [0.05, 0.1) is 0 Å². The zero-order chi connectivity index (χ0) is 20.8. The van der Waals surface area contributed by atoms with Gasteiger partial charge in [0.15, 0.2) is 0 Å². The van der Waals surface area contributed by atoms with Crippen molar-refractivity contribution in [2.75, 3.05) is 13.2 Å². The van der Waals surface area contributed by atoms with E-state index in [-0.39, 0.29) is 16.9 Å². The number of esters is 1. The zero-order valence-electron chi connectivity index (χ0n) is 18.3. The quantitative estimate of drug-likeness (QED) is 0.172. The summed E-state index contributed by atoms with van der Waals surface area (Å²) in [5.41, 5.74) is 0. The first-order valence-electron chi connectivity index (χ1n) is 9.48. The van der Waals surface area contributed by atoms with E-state index in [1.807, 2.05) is 6.92 Å². The molecule has 0 N–H and O–H groups in total. The molecule has 0 saturated carbocycles. The van der Waals surface area contributed by atoms with Crippen molar-refractivity contribution in [2.45, 2.75) is 73.5 Å². The van der Waals surface area contributed by atoms with Crippen molar-refractivity contribution >= 4 is 48.6 Å². The molecule has 0 aliphatic heterocycles. The van der Waals surface area contributed by atoms with Gasteiger partial charge < -0.3 is 0 Å². The van der Waals surface area contributed by atoms with Crippen LogP contribution in [0.1, 0.15) is 40.5 Å². The average molecular weight is 554 g/mol. The van der Waals surface area contributed by atoms with Crippen LogP contribution in [0, 0.1) is 5.92 Å². The summed E-state index contributed by atoms with van der Waals surface area (Å²) in [6, 6.07) is 0. The fourth-order valence-electron chi connectivity index (χ4n) is 2.50. The summed E-state index contributed by atoms with van der Waals surface area (Å²) >= 11 is 0.949. The third-order valence-electron chi connectivity index (χ3n) is 4.99. The van der Waals surface area contributed by atoms with Crippen LogP contribution in [-0.4, -0.2) is 45.9 Å². The predicted molar refractivity (Wildman–Crippen MR) is 122 cm³/mol. The maximum absolute atomic E-state index is 12.6. The minimum absolute atomic E-state index is 0.128. The first-order chi connectivity index (χ1) is 11.6. The summed E-state index contributed by atoms with van der Waals surface area (Å²) in [5, 5.41) is 0.212. The topological polar surface area (TPSA) is 35.5 Å². The van der Waals surface area contributed by atoms with E-state index in [1.54, 1.807) is 0 Å². The van der Waals surface area contributed by atoms with Crippen LogP contribution in [0.25, 0.3) is 0 Å². The Hall–Kier alpha value is 0.406. The second kappa shape index (κ2) is 10.8. The van der Waals surface area contributed by atoms with Gasteiger partial charge in [0.1, 0.15) is 0 Å². The molecule has 26 heavy (non-hydrogen) atoms. The van der Waals surface area contributed by atoms with Crippen LogP contribution in [0.15, 0.2) is 20.7 Å². The Balaban J connectivity index is 5.37. The number of ether oxygens (including phenoxy) is 1. The zero-order valence-corrected chi connectivity index (χ0v) is 23.7. The molecular weight excluding hydrogens is 515 g/mol. The molecule has 0 rings (SSSR count). The number of carbonyl (C=O) groups excluding carboxylic acids is 1. The van der Waals surface area contributed by atoms with Crippen LogP contribution in [-0.2, 0) is 14.0 Å². The molecule has 6 heteroatoms. The van der Waals surface area contributed by atoms with Crippen LogP contribution in [0.2, 0.25) is 33.0 Å². The van der Waals surface area contributed by atoms with Gasteiger partial charge in [0.25, 0.3) is 0 Å². The Morgan fingerprint density at radius 3 is 2.19 bits per heavy atom. The number of hydrogen-bond donors (Lipinski definition) is 0. The molecule has 1 atom stereocenters. The van der Waals surface area contributed by atoms with Gasteiger partial charge in [-0.05, 0) is 0 Å². The van der Waals surface area contributed by atoms with E-state index in [0.717, 1.165) is 10.9 Å². The van der Waals surface area contributed by atoms with Gasteiger partial charge in [-0.3, -0.25) is 0 Å². The molecular formula is C20H39BrO3SiSn. The second-order valence-corrected chi connectivity index (χ2v) is 29.8. The van der Waals surface area contributed by atoms with Crippen LogP contribution in [0.5, 0.6) is 0 Å². The van der Waals surface area contributed by atoms with Crippen molar-refractivity contribution in [3.05, 3.63) is 20.7 Å². The number of allylic oxidation sites excluding steroid dienone is 1. The van der Waals surface area contributed by atoms with E-state index in [9.17, 15) is 4.79 Å². The molecule has 0 radical (unpaired) electrons. The summed E-state index contributed by atoms with van der Waals surface area (Å²) in [5.74, 6) is -0.346. The van der Waals surface area contributed by atoms with Crippen molar-refractivity contribution in [2.24, 2.45) is 5.92 Å². The average Bonchev–Trinajstić information content (AvgIpc) is 2.42. The molecule has 0 heterocycles. The van der Waals surface area contributed by atoms with E-state index >= 15 is 0 Å². The van der Waals surface area contributed by atoms with Crippen LogP contribution in [0.4, 0.5) is 0 Å². The molecule has 0 aliphatic rings. The first-order valence-corrected chi connectivity index (χ1v) is 23.2. The van der Waals surface area contributed by atoms with Gasteiger partial charge in [0, 0.05) is 0 Å². The van der Waals surface area contributed by atoms with Crippen LogP contribution in [0.3, 0.4) is 0 Å². The molecule has 0 bridgehead atoms. The minimum atomic E-state index is -2.48. The molecule has 0 amide bonds. The number of carbonyl (C=O) groups is 1. The van der Waals surface area contributed by atoms with E-state index in [2.05, 4.69) is 77.3 Å². The normalized spacial score (nSPS) is 14.9. The molecule has 0 fully saturated rings. The summed E-state index contributed by atoms with van der Waals surface area (Å²) < 4.78 is 13.8. The Morgan fingerprint density at radius 1 is 1.27 bits per heavy atom. The molecule has 0 aromatic rings. The van der Waals surface area contributed by atoms with E-state index < -0.39 is 26.7 Å². The molecule has 0 aromatic heterocycles. The van der Waals surface area contributed by atoms with Crippen LogP contribution < -0.4 is 0 Å². The number of halogens is 1. The predicted octanol–water partition coefficient (Wildman–Crippen LogP) is 6.68. The Labute approximate surface area is 175 Å². The molecule has 0 aliphatic carbocycles. The maximum atomic E-state index is 12.6. The fourth-order valence-corrected chi connectivity index (χ4v) is 9.66. The SMILES string of the molecule is C=C(Br)CC(C(=O)OCC)/[C](=C/CCO[Si](C)(C)C(C)(C)C)[Sn]([CH3])([CH3])[CH3]. The summed E-state index contributed by atoms with van der Waals surface area (Å²) in [6.07, 6.45) is 3.71. The van der Waals surface area contributed by atoms with E-state index in [4.69, 9.17) is 9.16 Å². The van der Waals surface area contributed by atoms with Crippen molar-refractivity contribution in [3.8, 4) is 0 Å². The number of hydrogen-bond acceptors (Lipinski definition) is 3. The molecule has 152 valence electrons. The fraction of sp³-hybridized carbons (Fsp3) is 0.750. The molecule has 0 spiro atoms. The third-order valence-corrected chi connectivity index (χ3v) is 16.4. The summed E-state index contributed by atoms with van der Waals surface area (Å²) in [4.78, 5) is 19.6. The van der Waals surface area contributed by atoms with Gasteiger partial charge in [-0.2, -0.15) is 0 Å². The molecule has 1 unspecified atom stereocenters. The third kappa shape index (κ3) is 9.06. The number of rotatable bonds is 10. The Morgan fingerprint density at radius 2 is 1.81 bits per heavy atom. The van der Waals surface area contributed by atoms with Gasteiger partial charge in [-0.15, -0.1) is 0 Å².